The number of pyridine rings is 1. The monoisotopic (exact) mass is 350 g/mol. The Hall–Kier alpha value is -0.290. The molecule has 1 unspecified atom stereocenters. The Morgan fingerprint density at radius 2 is 2.18 bits per heavy atom. The topological polar surface area (TPSA) is 24.9 Å². The largest absolute Gasteiger partial charge is 0.377 e. The highest BCUT2D eigenvalue weighted by Crippen LogP contribution is 2.28. The van der Waals surface area contributed by atoms with Crippen LogP contribution in [0.15, 0.2) is 28.2 Å². The van der Waals surface area contributed by atoms with Crippen LogP contribution in [0.3, 0.4) is 0 Å². The summed E-state index contributed by atoms with van der Waals surface area (Å²) in [5.41, 5.74) is 2.07. The second-order valence-corrected chi connectivity index (χ2v) is 6.30. The number of hydrogen-bond donors (Lipinski definition) is 1. The van der Waals surface area contributed by atoms with Crippen molar-refractivity contribution in [3.05, 3.63) is 43.2 Å². The number of nitrogens with one attached hydrogen (secondary N) is 1. The van der Waals surface area contributed by atoms with E-state index in [4.69, 9.17) is 23.2 Å². The Morgan fingerprint density at radius 1 is 1.41 bits per heavy atom. The zero-order chi connectivity index (χ0) is 12.4. The number of aromatic nitrogens is 1. The fourth-order valence-electron chi connectivity index (χ4n) is 1.38. The molecule has 0 spiro atoms. The van der Waals surface area contributed by atoms with Gasteiger partial charge >= 0.3 is 0 Å². The second kappa shape index (κ2) is 5.57. The van der Waals surface area contributed by atoms with Gasteiger partial charge < -0.3 is 5.32 Å². The van der Waals surface area contributed by atoms with Crippen LogP contribution >= 0.6 is 50.5 Å². The van der Waals surface area contributed by atoms with Crippen molar-refractivity contribution in [2.24, 2.45) is 0 Å². The van der Waals surface area contributed by atoms with Gasteiger partial charge in [-0.25, -0.2) is 4.98 Å². The van der Waals surface area contributed by atoms with Crippen LogP contribution in [0, 0.1) is 0 Å². The van der Waals surface area contributed by atoms with Crippen molar-refractivity contribution in [2.75, 3.05) is 5.32 Å². The lowest BCUT2D eigenvalue weighted by Crippen LogP contribution is -2.05. The lowest BCUT2D eigenvalue weighted by molar-refractivity contribution is 0.888. The van der Waals surface area contributed by atoms with E-state index in [1.807, 2.05) is 17.5 Å². The van der Waals surface area contributed by atoms with E-state index in [1.54, 1.807) is 6.20 Å². The molecule has 0 amide bonds. The third-order valence-corrected chi connectivity index (χ3v) is 4.51. The Kier molecular flexibility index (Phi) is 4.31. The number of hydrogen-bond acceptors (Lipinski definition) is 3. The van der Waals surface area contributed by atoms with Crippen molar-refractivity contribution in [1.82, 2.24) is 4.98 Å². The van der Waals surface area contributed by atoms with E-state index in [9.17, 15) is 0 Å². The maximum Gasteiger partial charge on any atom is 0.143 e. The zero-order valence-corrected chi connectivity index (χ0v) is 12.8. The third kappa shape index (κ3) is 3.35. The number of nitrogens with zero attached hydrogens (tertiary/aromatic N) is 1. The first kappa shape index (κ1) is 13.1. The maximum absolute atomic E-state index is 5.91. The number of anilines is 1. The molecule has 2 heterocycles. The molecule has 17 heavy (non-hydrogen) atoms. The standard InChI is InChI=1S/C11H9BrCl2N2S/c1-6(7-2-10(13)17-5-7)16-8-3-9(12)11(14)15-4-8/h2-6,16H,1H3. The maximum atomic E-state index is 5.91. The van der Waals surface area contributed by atoms with E-state index < -0.39 is 0 Å². The lowest BCUT2D eigenvalue weighted by atomic mass is 10.2. The van der Waals surface area contributed by atoms with Crippen molar-refractivity contribution in [1.29, 1.82) is 0 Å². The molecule has 0 aliphatic carbocycles. The van der Waals surface area contributed by atoms with E-state index in [0.717, 1.165) is 20.1 Å². The van der Waals surface area contributed by atoms with Crippen molar-refractivity contribution < 1.29 is 0 Å². The highest BCUT2D eigenvalue weighted by atomic mass is 79.9. The van der Waals surface area contributed by atoms with Gasteiger partial charge in [-0.2, -0.15) is 0 Å². The van der Waals surface area contributed by atoms with Crippen molar-refractivity contribution >= 4 is 56.2 Å². The molecule has 6 heteroatoms. The van der Waals surface area contributed by atoms with Gasteiger partial charge in [0.2, 0.25) is 0 Å². The summed E-state index contributed by atoms with van der Waals surface area (Å²) in [6, 6.07) is 4.04. The minimum Gasteiger partial charge on any atom is -0.377 e. The second-order valence-electron chi connectivity index (χ2n) is 3.55. The fourth-order valence-corrected chi connectivity index (χ4v) is 2.82. The highest BCUT2D eigenvalue weighted by Gasteiger charge is 2.08. The molecule has 0 saturated heterocycles. The van der Waals surface area contributed by atoms with E-state index in [2.05, 4.69) is 33.2 Å². The van der Waals surface area contributed by atoms with Gasteiger partial charge in [0.05, 0.1) is 20.7 Å². The van der Waals surface area contributed by atoms with Crippen LogP contribution in [0.4, 0.5) is 5.69 Å². The average molecular weight is 352 g/mol. The highest BCUT2D eigenvalue weighted by molar-refractivity contribution is 9.10. The number of halogens is 3. The van der Waals surface area contributed by atoms with E-state index in [1.165, 1.54) is 11.3 Å². The molecular formula is C11H9BrCl2N2S. The van der Waals surface area contributed by atoms with Crippen LogP contribution < -0.4 is 5.32 Å². The van der Waals surface area contributed by atoms with Crippen LogP contribution in [0.2, 0.25) is 9.49 Å². The first-order valence-corrected chi connectivity index (χ1v) is 7.30. The summed E-state index contributed by atoms with van der Waals surface area (Å²) in [6.45, 7) is 2.07. The normalized spacial score (nSPS) is 12.5. The van der Waals surface area contributed by atoms with Gasteiger partial charge in [-0.3, -0.25) is 0 Å². The Morgan fingerprint density at radius 3 is 2.76 bits per heavy atom. The van der Waals surface area contributed by atoms with Crippen LogP contribution in [-0.4, -0.2) is 4.98 Å². The van der Waals surface area contributed by atoms with Gasteiger partial charge in [0.25, 0.3) is 0 Å². The first-order chi connectivity index (χ1) is 8.06. The molecule has 0 bridgehead atoms. The number of thiophene rings is 1. The summed E-state index contributed by atoms with van der Waals surface area (Å²) < 4.78 is 1.57. The van der Waals surface area contributed by atoms with Crippen molar-refractivity contribution in [3.8, 4) is 0 Å². The van der Waals surface area contributed by atoms with Gasteiger partial charge in [0.15, 0.2) is 0 Å². The summed E-state index contributed by atoms with van der Waals surface area (Å²) in [7, 11) is 0. The summed E-state index contributed by atoms with van der Waals surface area (Å²) in [4.78, 5) is 4.06. The molecule has 0 saturated carbocycles. The smallest absolute Gasteiger partial charge is 0.143 e. The predicted molar refractivity (Wildman–Crippen MR) is 78.3 cm³/mol. The number of rotatable bonds is 3. The van der Waals surface area contributed by atoms with Gasteiger partial charge in [0, 0.05) is 6.04 Å². The average Bonchev–Trinajstić information content (AvgIpc) is 2.70. The van der Waals surface area contributed by atoms with Gasteiger partial charge in [-0.1, -0.05) is 23.2 Å². The van der Waals surface area contributed by atoms with E-state index in [0.29, 0.717) is 5.15 Å². The Balaban J connectivity index is 2.12. The zero-order valence-electron chi connectivity index (χ0n) is 8.88. The minimum atomic E-state index is 0.175. The SMILES string of the molecule is CC(Nc1cnc(Cl)c(Br)c1)c1csc(Cl)c1. The Labute approximate surface area is 122 Å². The van der Waals surface area contributed by atoms with E-state index in [-0.39, 0.29) is 6.04 Å². The summed E-state index contributed by atoms with van der Waals surface area (Å²) >= 11 is 16.6. The molecule has 90 valence electrons. The van der Waals surface area contributed by atoms with Gasteiger partial charge in [0.1, 0.15) is 5.15 Å². The molecule has 0 aliphatic heterocycles. The molecule has 2 aromatic rings. The molecule has 0 radical (unpaired) electrons. The molecular weight excluding hydrogens is 343 g/mol. The van der Waals surface area contributed by atoms with Crippen molar-refractivity contribution in [2.45, 2.75) is 13.0 Å². The van der Waals surface area contributed by atoms with E-state index >= 15 is 0 Å². The molecule has 2 nitrogen and oxygen atoms in total. The first-order valence-electron chi connectivity index (χ1n) is 4.88. The summed E-state index contributed by atoms with van der Waals surface area (Å²) in [5, 5.41) is 5.84. The third-order valence-electron chi connectivity index (χ3n) is 2.27. The fraction of sp³-hybridized carbons (Fsp3) is 0.182. The molecule has 1 N–H and O–H groups in total. The van der Waals surface area contributed by atoms with Gasteiger partial charge in [-0.05, 0) is 45.9 Å². The summed E-state index contributed by atoms with van der Waals surface area (Å²) in [6.07, 6.45) is 1.71. The molecule has 2 aromatic heterocycles. The Bertz CT molecular complexity index is 530. The predicted octanol–water partition coefficient (Wildman–Crippen LogP) is 5.39. The van der Waals surface area contributed by atoms with Crippen LogP contribution in [0.1, 0.15) is 18.5 Å². The molecule has 0 aliphatic rings. The molecule has 0 aromatic carbocycles. The molecule has 1 atom stereocenters. The van der Waals surface area contributed by atoms with Crippen LogP contribution in [-0.2, 0) is 0 Å². The van der Waals surface area contributed by atoms with Crippen LogP contribution in [0.5, 0.6) is 0 Å². The molecule has 0 fully saturated rings. The summed E-state index contributed by atoms with van der Waals surface area (Å²) in [5.74, 6) is 0. The lowest BCUT2D eigenvalue weighted by Gasteiger charge is -2.14. The van der Waals surface area contributed by atoms with Gasteiger partial charge in [-0.15, -0.1) is 11.3 Å². The van der Waals surface area contributed by atoms with Crippen LogP contribution in [0.25, 0.3) is 0 Å². The quantitative estimate of drug-likeness (QED) is 0.750. The molecule has 2 rings (SSSR count). The minimum absolute atomic E-state index is 0.175. The van der Waals surface area contributed by atoms with Crippen molar-refractivity contribution in [3.63, 3.8) is 0 Å².